The molecule has 4 aromatic rings. The lowest BCUT2D eigenvalue weighted by atomic mass is 9.86. The fraction of sp³-hybridized carbons (Fsp3) is 0.286. The fourth-order valence-corrected chi connectivity index (χ4v) is 5.57. The lowest BCUT2D eigenvalue weighted by molar-refractivity contribution is 0.0871. The summed E-state index contributed by atoms with van der Waals surface area (Å²) in [6.07, 6.45) is 0.690. The van der Waals surface area contributed by atoms with Crippen LogP contribution in [0.25, 0.3) is 16.6 Å². The van der Waals surface area contributed by atoms with E-state index in [-0.39, 0.29) is 11.8 Å². The Balaban J connectivity index is 1.60. The largest absolute Gasteiger partial charge is 0.493 e. The van der Waals surface area contributed by atoms with E-state index in [9.17, 15) is 4.79 Å². The normalized spacial score (nSPS) is 17.3. The van der Waals surface area contributed by atoms with E-state index in [1.54, 1.807) is 6.07 Å². The standard InChI is InChI=1S/C28H27Cl2N3O2/c1-16(2)26-21(27(34)31-28(4)11-12-35-24-8-6-5-7-22(24)28)9-10-23-25(17(3)32-33(23)26)18-13-19(29)15-20(30)14-18/h5-10,13-16H,11-12H2,1-4H3,(H,31,34)/t28-/m0/s1. The van der Waals surface area contributed by atoms with E-state index in [2.05, 4.69) is 26.1 Å². The summed E-state index contributed by atoms with van der Waals surface area (Å²) in [5, 5.41) is 9.28. The third kappa shape index (κ3) is 4.17. The van der Waals surface area contributed by atoms with Crippen LogP contribution >= 0.6 is 23.2 Å². The maximum absolute atomic E-state index is 13.7. The average Bonchev–Trinajstić information content (AvgIpc) is 3.13. The molecule has 3 heterocycles. The van der Waals surface area contributed by atoms with Crippen molar-refractivity contribution in [2.45, 2.75) is 45.6 Å². The van der Waals surface area contributed by atoms with Crippen LogP contribution in [-0.2, 0) is 5.54 Å². The van der Waals surface area contributed by atoms with Gasteiger partial charge in [0.25, 0.3) is 5.91 Å². The van der Waals surface area contributed by atoms with Gasteiger partial charge in [0, 0.05) is 27.6 Å². The minimum absolute atomic E-state index is 0.0596. The zero-order valence-corrected chi connectivity index (χ0v) is 21.7. The second kappa shape index (κ2) is 8.89. The molecule has 1 aliphatic rings. The summed E-state index contributed by atoms with van der Waals surface area (Å²) in [4.78, 5) is 13.7. The summed E-state index contributed by atoms with van der Waals surface area (Å²) >= 11 is 12.6. The van der Waals surface area contributed by atoms with Gasteiger partial charge in [0.2, 0.25) is 0 Å². The highest BCUT2D eigenvalue weighted by atomic mass is 35.5. The Morgan fingerprint density at radius 1 is 1.11 bits per heavy atom. The van der Waals surface area contributed by atoms with E-state index in [0.717, 1.165) is 39.3 Å². The number of nitrogens with one attached hydrogen (secondary N) is 1. The Hall–Kier alpha value is -3.02. The number of pyridine rings is 1. The number of carbonyl (C=O) groups is 1. The van der Waals surface area contributed by atoms with Crippen molar-refractivity contribution >= 4 is 34.6 Å². The molecule has 2 aromatic carbocycles. The van der Waals surface area contributed by atoms with Gasteiger partial charge in [-0.3, -0.25) is 4.79 Å². The Labute approximate surface area is 215 Å². The zero-order valence-electron chi connectivity index (χ0n) is 20.2. The minimum atomic E-state index is -0.530. The zero-order chi connectivity index (χ0) is 24.9. The second-order valence-electron chi connectivity index (χ2n) is 9.58. The number of amides is 1. The van der Waals surface area contributed by atoms with E-state index in [1.165, 1.54) is 0 Å². The van der Waals surface area contributed by atoms with Crippen LogP contribution in [0.15, 0.2) is 54.6 Å². The first-order valence-corrected chi connectivity index (χ1v) is 12.5. The van der Waals surface area contributed by atoms with Gasteiger partial charge in [-0.1, -0.05) is 55.2 Å². The molecular formula is C28H27Cl2N3O2. The van der Waals surface area contributed by atoms with Crippen molar-refractivity contribution in [2.24, 2.45) is 0 Å². The van der Waals surface area contributed by atoms with Gasteiger partial charge in [-0.2, -0.15) is 5.10 Å². The Morgan fingerprint density at radius 2 is 1.83 bits per heavy atom. The van der Waals surface area contributed by atoms with Crippen LogP contribution in [0.2, 0.25) is 10.0 Å². The maximum Gasteiger partial charge on any atom is 0.253 e. The second-order valence-corrected chi connectivity index (χ2v) is 10.5. The van der Waals surface area contributed by atoms with E-state index >= 15 is 0 Å². The first-order valence-electron chi connectivity index (χ1n) is 11.7. The molecule has 5 rings (SSSR count). The number of halogens is 2. The predicted octanol–water partition coefficient (Wildman–Crippen LogP) is 7.17. The van der Waals surface area contributed by atoms with E-state index < -0.39 is 5.54 Å². The number of hydrogen-bond acceptors (Lipinski definition) is 3. The van der Waals surface area contributed by atoms with Gasteiger partial charge in [-0.25, -0.2) is 4.52 Å². The predicted molar refractivity (Wildman–Crippen MR) is 141 cm³/mol. The van der Waals surface area contributed by atoms with Crippen LogP contribution in [0.3, 0.4) is 0 Å². The Kier molecular flexibility index (Phi) is 6.02. The number of carbonyl (C=O) groups excluding carboxylic acids is 1. The Morgan fingerprint density at radius 3 is 2.54 bits per heavy atom. The third-order valence-electron chi connectivity index (χ3n) is 6.68. The number of benzene rings is 2. The Bertz CT molecular complexity index is 1440. The van der Waals surface area contributed by atoms with Crippen LogP contribution in [0, 0.1) is 6.92 Å². The number of fused-ring (bicyclic) bond motifs is 2. The van der Waals surface area contributed by atoms with E-state index in [0.29, 0.717) is 28.6 Å². The molecule has 0 aliphatic carbocycles. The molecule has 1 atom stereocenters. The maximum atomic E-state index is 13.7. The van der Waals surface area contributed by atoms with Crippen LogP contribution in [-0.4, -0.2) is 22.1 Å². The van der Waals surface area contributed by atoms with Gasteiger partial charge in [0.05, 0.1) is 34.6 Å². The molecule has 7 heteroatoms. The molecular weight excluding hydrogens is 481 g/mol. The summed E-state index contributed by atoms with van der Waals surface area (Å²) in [7, 11) is 0. The molecule has 0 bridgehead atoms. The van der Waals surface area contributed by atoms with E-state index in [1.807, 2.05) is 60.0 Å². The van der Waals surface area contributed by atoms with Crippen LogP contribution in [0.4, 0.5) is 0 Å². The lowest BCUT2D eigenvalue weighted by Gasteiger charge is -2.36. The summed E-state index contributed by atoms with van der Waals surface area (Å²) in [6, 6.07) is 17.2. The molecule has 1 N–H and O–H groups in total. The molecule has 0 spiro atoms. The fourth-order valence-electron chi connectivity index (χ4n) is 5.04. The highest BCUT2D eigenvalue weighted by Gasteiger charge is 2.35. The van der Waals surface area contributed by atoms with Crippen molar-refractivity contribution in [1.29, 1.82) is 0 Å². The monoisotopic (exact) mass is 507 g/mol. The third-order valence-corrected chi connectivity index (χ3v) is 7.12. The average molecular weight is 508 g/mol. The number of ether oxygens (including phenoxy) is 1. The highest BCUT2D eigenvalue weighted by Crippen LogP contribution is 2.38. The summed E-state index contributed by atoms with van der Waals surface area (Å²) in [6.45, 7) is 8.71. The van der Waals surface area contributed by atoms with Crippen molar-refractivity contribution in [3.63, 3.8) is 0 Å². The molecule has 2 aromatic heterocycles. The number of para-hydroxylation sites is 1. The SMILES string of the molecule is Cc1nn2c(C(C)C)c(C(=O)N[C@@]3(C)CCOc4ccccc43)ccc2c1-c1cc(Cl)cc(Cl)c1. The van der Waals surface area contributed by atoms with Crippen molar-refractivity contribution < 1.29 is 9.53 Å². The van der Waals surface area contributed by atoms with E-state index in [4.69, 9.17) is 33.0 Å². The summed E-state index contributed by atoms with van der Waals surface area (Å²) in [5.41, 5.74) is 5.51. The summed E-state index contributed by atoms with van der Waals surface area (Å²) in [5.74, 6) is 0.744. The van der Waals surface area contributed by atoms with Crippen molar-refractivity contribution in [3.8, 4) is 16.9 Å². The quantitative estimate of drug-likeness (QED) is 0.318. The molecule has 0 saturated heterocycles. The number of rotatable bonds is 4. The highest BCUT2D eigenvalue weighted by molar-refractivity contribution is 6.35. The molecule has 5 nitrogen and oxygen atoms in total. The minimum Gasteiger partial charge on any atom is -0.493 e. The van der Waals surface area contributed by atoms with Gasteiger partial charge in [0.15, 0.2) is 0 Å². The van der Waals surface area contributed by atoms with Crippen LogP contribution in [0.5, 0.6) is 5.75 Å². The first kappa shape index (κ1) is 23.7. The number of aromatic nitrogens is 2. The van der Waals surface area contributed by atoms with Gasteiger partial charge < -0.3 is 10.1 Å². The van der Waals surface area contributed by atoms with Gasteiger partial charge in [0.1, 0.15) is 5.75 Å². The molecule has 0 saturated carbocycles. The lowest BCUT2D eigenvalue weighted by Crippen LogP contribution is -2.47. The van der Waals surface area contributed by atoms with Gasteiger partial charge in [-0.15, -0.1) is 0 Å². The number of nitrogens with zero attached hydrogens (tertiary/aromatic N) is 2. The van der Waals surface area contributed by atoms with Crippen molar-refractivity contribution in [3.05, 3.63) is 87.2 Å². The molecule has 35 heavy (non-hydrogen) atoms. The topological polar surface area (TPSA) is 55.6 Å². The van der Waals surface area contributed by atoms with Gasteiger partial charge in [-0.05, 0) is 61.7 Å². The smallest absolute Gasteiger partial charge is 0.253 e. The summed E-state index contributed by atoms with van der Waals surface area (Å²) < 4.78 is 7.70. The molecule has 0 fully saturated rings. The van der Waals surface area contributed by atoms with Crippen molar-refractivity contribution in [2.75, 3.05) is 6.61 Å². The first-order chi connectivity index (χ1) is 16.7. The molecule has 1 aliphatic heterocycles. The number of hydrogen-bond donors (Lipinski definition) is 1. The van der Waals surface area contributed by atoms with Crippen molar-refractivity contribution in [1.82, 2.24) is 14.9 Å². The van der Waals surface area contributed by atoms with Crippen LogP contribution in [0.1, 0.15) is 60.4 Å². The molecule has 180 valence electrons. The van der Waals surface area contributed by atoms with Crippen LogP contribution < -0.4 is 10.1 Å². The molecule has 1 amide bonds. The molecule has 0 unspecified atom stereocenters. The van der Waals surface area contributed by atoms with Gasteiger partial charge >= 0.3 is 0 Å². The molecule has 0 radical (unpaired) electrons. The number of aryl methyl sites for hydroxylation is 1.